The minimum atomic E-state index is -0.458. The maximum Gasteiger partial charge on any atom is 0.358 e. The van der Waals surface area contributed by atoms with E-state index in [-0.39, 0.29) is 5.69 Å². The molecule has 1 aliphatic carbocycles. The Labute approximate surface area is 113 Å². The van der Waals surface area contributed by atoms with E-state index in [0.717, 1.165) is 12.5 Å². The van der Waals surface area contributed by atoms with Gasteiger partial charge in [0.05, 0.1) is 19.5 Å². The van der Waals surface area contributed by atoms with Gasteiger partial charge in [-0.2, -0.15) is 0 Å². The average Bonchev–Trinajstić information content (AvgIpc) is 2.46. The zero-order chi connectivity index (χ0) is 13.7. The lowest BCUT2D eigenvalue weighted by Crippen LogP contribution is -2.24. The van der Waals surface area contributed by atoms with Crippen molar-refractivity contribution in [2.75, 3.05) is 19.0 Å². The van der Waals surface area contributed by atoms with Gasteiger partial charge in [0.2, 0.25) is 0 Å². The number of aromatic nitrogens is 2. The smallest absolute Gasteiger partial charge is 0.358 e. The number of rotatable bonds is 4. The van der Waals surface area contributed by atoms with E-state index in [9.17, 15) is 4.79 Å². The van der Waals surface area contributed by atoms with Crippen LogP contribution in [-0.4, -0.2) is 29.6 Å². The van der Waals surface area contributed by atoms with Crippen molar-refractivity contribution in [2.45, 2.75) is 32.6 Å². The summed E-state index contributed by atoms with van der Waals surface area (Å²) in [5, 5.41) is 3.30. The van der Waals surface area contributed by atoms with Crippen molar-refractivity contribution in [1.29, 1.82) is 0 Å². The fourth-order valence-electron chi connectivity index (χ4n) is 2.56. The highest BCUT2D eigenvalue weighted by molar-refractivity contribution is 5.86. The predicted molar refractivity (Wildman–Crippen MR) is 73.0 cm³/mol. The van der Waals surface area contributed by atoms with Crippen LogP contribution in [0, 0.1) is 11.8 Å². The van der Waals surface area contributed by atoms with E-state index in [1.165, 1.54) is 39.0 Å². The zero-order valence-electron chi connectivity index (χ0n) is 11.6. The maximum atomic E-state index is 11.2. The second kappa shape index (κ2) is 6.50. The first-order valence-electron chi connectivity index (χ1n) is 6.85. The third-order valence-corrected chi connectivity index (χ3v) is 3.88. The van der Waals surface area contributed by atoms with Crippen LogP contribution in [0.3, 0.4) is 0 Å². The molecule has 2 atom stereocenters. The highest BCUT2D eigenvalue weighted by atomic mass is 16.5. The van der Waals surface area contributed by atoms with Crippen molar-refractivity contribution in [2.24, 2.45) is 11.8 Å². The number of hydrogen-bond donors (Lipinski definition) is 1. The number of nitrogens with one attached hydrogen (secondary N) is 1. The largest absolute Gasteiger partial charge is 0.464 e. The van der Waals surface area contributed by atoms with Gasteiger partial charge in [0, 0.05) is 6.54 Å². The summed E-state index contributed by atoms with van der Waals surface area (Å²) in [4.78, 5) is 19.4. The molecule has 5 heteroatoms. The normalized spacial score (nSPS) is 22.8. The minimum absolute atomic E-state index is 0.235. The quantitative estimate of drug-likeness (QED) is 0.845. The van der Waals surface area contributed by atoms with Crippen LogP contribution in [0.5, 0.6) is 0 Å². The summed E-state index contributed by atoms with van der Waals surface area (Å²) >= 11 is 0. The third kappa shape index (κ3) is 3.66. The molecular weight excluding hydrogens is 242 g/mol. The number of ether oxygens (including phenoxy) is 1. The summed E-state index contributed by atoms with van der Waals surface area (Å²) in [7, 11) is 1.33. The molecule has 2 unspecified atom stereocenters. The van der Waals surface area contributed by atoms with Crippen LogP contribution >= 0.6 is 0 Å². The molecular formula is C14H21N3O2. The highest BCUT2D eigenvalue weighted by Gasteiger charge is 2.20. The molecule has 19 heavy (non-hydrogen) atoms. The van der Waals surface area contributed by atoms with Gasteiger partial charge in [-0.05, 0) is 18.3 Å². The summed E-state index contributed by atoms with van der Waals surface area (Å²) in [6, 6.07) is 0. The molecule has 0 aliphatic heterocycles. The summed E-state index contributed by atoms with van der Waals surface area (Å²) < 4.78 is 4.58. The molecule has 1 aromatic rings. The molecule has 0 amide bonds. The first-order chi connectivity index (χ1) is 9.20. The van der Waals surface area contributed by atoms with Crippen molar-refractivity contribution in [3.8, 4) is 0 Å². The number of anilines is 1. The van der Waals surface area contributed by atoms with Crippen molar-refractivity contribution < 1.29 is 9.53 Å². The van der Waals surface area contributed by atoms with Gasteiger partial charge in [-0.25, -0.2) is 14.8 Å². The van der Waals surface area contributed by atoms with Gasteiger partial charge < -0.3 is 10.1 Å². The van der Waals surface area contributed by atoms with E-state index in [1.807, 2.05) is 0 Å². The van der Waals surface area contributed by atoms with Crippen LogP contribution in [0.15, 0.2) is 12.4 Å². The second-order valence-corrected chi connectivity index (χ2v) is 5.18. The Hall–Kier alpha value is -1.65. The van der Waals surface area contributed by atoms with E-state index in [4.69, 9.17) is 0 Å². The van der Waals surface area contributed by atoms with E-state index in [1.54, 1.807) is 6.20 Å². The lowest BCUT2D eigenvalue weighted by molar-refractivity contribution is 0.0593. The van der Waals surface area contributed by atoms with Gasteiger partial charge in [0.25, 0.3) is 0 Å². The van der Waals surface area contributed by atoms with Crippen molar-refractivity contribution in [1.82, 2.24) is 9.97 Å². The summed E-state index contributed by atoms with van der Waals surface area (Å²) in [5.41, 5.74) is 0.235. The summed E-state index contributed by atoms with van der Waals surface area (Å²) in [6.45, 7) is 3.24. The number of hydrogen-bond acceptors (Lipinski definition) is 5. The molecule has 0 spiro atoms. The SMILES string of the molecule is COC(=O)c1cnc(NCC2CCCCC2C)cn1. The molecule has 0 bridgehead atoms. The van der Waals surface area contributed by atoms with E-state index in [0.29, 0.717) is 11.7 Å². The zero-order valence-corrected chi connectivity index (χ0v) is 11.6. The highest BCUT2D eigenvalue weighted by Crippen LogP contribution is 2.29. The van der Waals surface area contributed by atoms with Crippen LogP contribution in [0.1, 0.15) is 43.1 Å². The number of esters is 1. The van der Waals surface area contributed by atoms with Gasteiger partial charge in [-0.3, -0.25) is 0 Å². The monoisotopic (exact) mass is 263 g/mol. The number of carbonyl (C=O) groups excluding carboxylic acids is 1. The Kier molecular flexibility index (Phi) is 4.71. The Morgan fingerprint density at radius 2 is 2.16 bits per heavy atom. The fourth-order valence-corrected chi connectivity index (χ4v) is 2.56. The molecule has 5 nitrogen and oxygen atoms in total. The summed E-state index contributed by atoms with van der Waals surface area (Å²) in [5.74, 6) is 1.73. The number of nitrogens with zero attached hydrogens (tertiary/aromatic N) is 2. The predicted octanol–water partition coefficient (Wildman–Crippen LogP) is 2.50. The molecule has 1 aliphatic rings. The van der Waals surface area contributed by atoms with Gasteiger partial charge in [-0.15, -0.1) is 0 Å². The molecule has 0 saturated heterocycles. The van der Waals surface area contributed by atoms with Crippen molar-refractivity contribution in [3.63, 3.8) is 0 Å². The molecule has 2 rings (SSSR count). The Bertz CT molecular complexity index is 419. The maximum absolute atomic E-state index is 11.2. The van der Waals surface area contributed by atoms with Crippen LogP contribution in [0.2, 0.25) is 0 Å². The van der Waals surface area contributed by atoms with Crippen LogP contribution < -0.4 is 5.32 Å². The minimum Gasteiger partial charge on any atom is -0.464 e. The van der Waals surface area contributed by atoms with E-state index < -0.39 is 5.97 Å². The van der Waals surface area contributed by atoms with Crippen LogP contribution in [-0.2, 0) is 4.74 Å². The van der Waals surface area contributed by atoms with Gasteiger partial charge in [0.15, 0.2) is 5.69 Å². The molecule has 1 saturated carbocycles. The summed E-state index contributed by atoms with van der Waals surface area (Å²) in [6.07, 6.45) is 8.30. The topological polar surface area (TPSA) is 64.1 Å². The van der Waals surface area contributed by atoms with E-state index >= 15 is 0 Å². The molecule has 1 heterocycles. The number of carbonyl (C=O) groups is 1. The van der Waals surface area contributed by atoms with Crippen molar-refractivity contribution >= 4 is 11.8 Å². The Balaban J connectivity index is 1.87. The second-order valence-electron chi connectivity index (χ2n) is 5.18. The lowest BCUT2D eigenvalue weighted by atomic mass is 9.80. The molecule has 104 valence electrons. The Morgan fingerprint density at radius 3 is 2.79 bits per heavy atom. The molecule has 0 aromatic carbocycles. The molecule has 0 radical (unpaired) electrons. The van der Waals surface area contributed by atoms with Gasteiger partial charge >= 0.3 is 5.97 Å². The first-order valence-corrected chi connectivity index (χ1v) is 6.85. The number of methoxy groups -OCH3 is 1. The van der Waals surface area contributed by atoms with Crippen molar-refractivity contribution in [3.05, 3.63) is 18.1 Å². The molecule has 1 N–H and O–H groups in total. The molecule has 1 aromatic heterocycles. The fraction of sp³-hybridized carbons (Fsp3) is 0.643. The Morgan fingerprint density at radius 1 is 1.37 bits per heavy atom. The third-order valence-electron chi connectivity index (χ3n) is 3.88. The standard InChI is InChI=1S/C14H21N3O2/c1-10-5-3-4-6-11(10)7-16-13-9-15-12(8-17-13)14(18)19-2/h8-11H,3-7H2,1-2H3,(H,16,17). The molecule has 1 fully saturated rings. The average molecular weight is 263 g/mol. The van der Waals surface area contributed by atoms with E-state index in [2.05, 4.69) is 26.9 Å². The van der Waals surface area contributed by atoms with Gasteiger partial charge in [0.1, 0.15) is 5.82 Å². The van der Waals surface area contributed by atoms with Crippen LogP contribution in [0.4, 0.5) is 5.82 Å². The van der Waals surface area contributed by atoms with Gasteiger partial charge in [-0.1, -0.05) is 26.2 Å². The first kappa shape index (κ1) is 13.8. The van der Waals surface area contributed by atoms with Crippen LogP contribution in [0.25, 0.3) is 0 Å². The lowest BCUT2D eigenvalue weighted by Gasteiger charge is -2.28.